The van der Waals surface area contributed by atoms with Gasteiger partial charge in [0, 0.05) is 7.11 Å². The molecule has 1 amide bonds. The third-order valence-corrected chi connectivity index (χ3v) is 2.91. The third-order valence-electron chi connectivity index (χ3n) is 2.91. The van der Waals surface area contributed by atoms with Crippen molar-refractivity contribution in [2.24, 2.45) is 5.92 Å². The molecule has 0 aliphatic rings. The average Bonchev–Trinajstić information content (AvgIpc) is 2.44. The van der Waals surface area contributed by atoms with Crippen molar-refractivity contribution in [3.05, 3.63) is 23.8 Å². The zero-order valence-electron chi connectivity index (χ0n) is 13.4. The van der Waals surface area contributed by atoms with Crippen LogP contribution in [0.1, 0.15) is 32.4 Å². The number of rotatable bonds is 8. The molecule has 0 heterocycles. The Morgan fingerprint density at radius 1 is 1.19 bits per heavy atom. The summed E-state index contributed by atoms with van der Waals surface area (Å²) in [6, 6.07) is 5.56. The van der Waals surface area contributed by atoms with E-state index in [4.69, 9.17) is 14.2 Å². The molecule has 0 aliphatic carbocycles. The van der Waals surface area contributed by atoms with E-state index in [9.17, 15) is 4.79 Å². The molecule has 21 heavy (non-hydrogen) atoms. The molecule has 0 spiro atoms. The van der Waals surface area contributed by atoms with Crippen LogP contribution in [0.2, 0.25) is 0 Å². The van der Waals surface area contributed by atoms with Gasteiger partial charge in [0.25, 0.3) is 0 Å². The van der Waals surface area contributed by atoms with E-state index in [1.165, 1.54) is 7.11 Å². The first-order chi connectivity index (χ1) is 9.97. The van der Waals surface area contributed by atoms with E-state index >= 15 is 0 Å². The minimum absolute atomic E-state index is 0.0526. The highest BCUT2D eigenvalue weighted by atomic mass is 16.5. The number of carbonyl (C=O) groups is 1. The van der Waals surface area contributed by atoms with Crippen molar-refractivity contribution in [3.8, 4) is 11.5 Å². The third kappa shape index (κ3) is 5.63. The van der Waals surface area contributed by atoms with Crippen molar-refractivity contribution >= 4 is 5.91 Å². The molecule has 1 aromatic rings. The Kier molecular flexibility index (Phi) is 7.02. The number of ether oxygens (including phenoxy) is 3. The Morgan fingerprint density at radius 3 is 2.48 bits per heavy atom. The number of carbonyl (C=O) groups excluding carboxylic acids is 1. The molecule has 1 atom stereocenters. The highest BCUT2D eigenvalue weighted by Crippen LogP contribution is 2.30. The molecule has 1 N–H and O–H groups in total. The van der Waals surface area contributed by atoms with E-state index in [0.717, 1.165) is 5.56 Å². The lowest BCUT2D eigenvalue weighted by atomic mass is 10.1. The number of hydrogen-bond acceptors (Lipinski definition) is 4. The summed E-state index contributed by atoms with van der Waals surface area (Å²) in [7, 11) is 3.10. The molecule has 5 heteroatoms. The molecule has 0 radical (unpaired) electrons. The van der Waals surface area contributed by atoms with Crippen LogP contribution in [0.25, 0.3) is 0 Å². The van der Waals surface area contributed by atoms with Crippen LogP contribution in [0.4, 0.5) is 0 Å². The summed E-state index contributed by atoms with van der Waals surface area (Å²) in [6.45, 7) is 6.78. The molecule has 0 aliphatic heterocycles. The predicted octanol–water partition coefficient (Wildman–Crippen LogP) is 2.55. The summed E-state index contributed by atoms with van der Waals surface area (Å²) in [5.74, 6) is 1.68. The van der Waals surface area contributed by atoms with Gasteiger partial charge in [-0.05, 0) is 30.5 Å². The molecular formula is C16H25NO4. The van der Waals surface area contributed by atoms with Crippen molar-refractivity contribution in [3.63, 3.8) is 0 Å². The van der Waals surface area contributed by atoms with Crippen LogP contribution < -0.4 is 14.8 Å². The van der Waals surface area contributed by atoms with Crippen molar-refractivity contribution in [2.75, 3.05) is 27.4 Å². The van der Waals surface area contributed by atoms with Gasteiger partial charge < -0.3 is 19.5 Å². The van der Waals surface area contributed by atoms with E-state index in [1.54, 1.807) is 7.11 Å². The average molecular weight is 295 g/mol. The molecule has 0 bridgehead atoms. The molecule has 0 aromatic heterocycles. The molecular weight excluding hydrogens is 270 g/mol. The monoisotopic (exact) mass is 295 g/mol. The predicted molar refractivity (Wildman–Crippen MR) is 81.8 cm³/mol. The van der Waals surface area contributed by atoms with Crippen LogP contribution in [-0.2, 0) is 9.53 Å². The van der Waals surface area contributed by atoms with Gasteiger partial charge in [0.05, 0.1) is 19.8 Å². The highest BCUT2D eigenvalue weighted by Gasteiger charge is 2.13. The van der Waals surface area contributed by atoms with E-state index in [0.29, 0.717) is 24.0 Å². The van der Waals surface area contributed by atoms with Gasteiger partial charge in [0.15, 0.2) is 11.5 Å². The van der Waals surface area contributed by atoms with Crippen LogP contribution in [0.15, 0.2) is 18.2 Å². The normalized spacial score (nSPS) is 12.1. The quantitative estimate of drug-likeness (QED) is 0.801. The highest BCUT2D eigenvalue weighted by molar-refractivity contribution is 5.77. The maximum Gasteiger partial charge on any atom is 0.246 e. The Bertz CT molecular complexity index is 460. The lowest BCUT2D eigenvalue weighted by Crippen LogP contribution is -2.29. The first-order valence-corrected chi connectivity index (χ1v) is 7.07. The topological polar surface area (TPSA) is 56.8 Å². The van der Waals surface area contributed by atoms with Gasteiger partial charge in [-0.25, -0.2) is 0 Å². The summed E-state index contributed by atoms with van der Waals surface area (Å²) in [4.78, 5) is 11.5. The Labute approximate surface area is 126 Å². The van der Waals surface area contributed by atoms with Gasteiger partial charge in [-0.2, -0.15) is 0 Å². The molecule has 0 fully saturated rings. The van der Waals surface area contributed by atoms with Gasteiger partial charge in [-0.1, -0.05) is 19.9 Å². The fourth-order valence-corrected chi connectivity index (χ4v) is 1.83. The molecule has 1 rings (SSSR count). The Hall–Kier alpha value is -1.75. The summed E-state index contributed by atoms with van der Waals surface area (Å²) in [6.07, 6.45) is 0. The molecule has 118 valence electrons. The minimum atomic E-state index is -0.149. The van der Waals surface area contributed by atoms with E-state index in [-0.39, 0.29) is 18.6 Å². The standard InChI is InChI=1S/C16H25NO4/c1-11(2)9-21-14-7-6-13(8-15(14)20-5)12(3)17-16(18)10-19-4/h6-8,11-12H,9-10H2,1-5H3,(H,17,18). The smallest absolute Gasteiger partial charge is 0.246 e. The first-order valence-electron chi connectivity index (χ1n) is 7.07. The molecule has 5 nitrogen and oxygen atoms in total. The second-order valence-corrected chi connectivity index (χ2v) is 5.34. The van der Waals surface area contributed by atoms with Crippen molar-refractivity contribution in [2.45, 2.75) is 26.8 Å². The number of hydrogen-bond donors (Lipinski definition) is 1. The van der Waals surface area contributed by atoms with E-state index < -0.39 is 0 Å². The lowest BCUT2D eigenvalue weighted by Gasteiger charge is -2.17. The molecule has 1 aromatic carbocycles. The van der Waals surface area contributed by atoms with E-state index in [1.807, 2.05) is 25.1 Å². The largest absolute Gasteiger partial charge is 0.493 e. The Morgan fingerprint density at radius 2 is 1.90 bits per heavy atom. The zero-order valence-corrected chi connectivity index (χ0v) is 13.4. The van der Waals surface area contributed by atoms with E-state index in [2.05, 4.69) is 19.2 Å². The van der Waals surface area contributed by atoms with Crippen molar-refractivity contribution in [1.82, 2.24) is 5.32 Å². The van der Waals surface area contributed by atoms with Crippen LogP contribution in [-0.4, -0.2) is 33.3 Å². The van der Waals surface area contributed by atoms with Gasteiger partial charge in [0.2, 0.25) is 5.91 Å². The molecule has 0 saturated heterocycles. The fourth-order valence-electron chi connectivity index (χ4n) is 1.83. The first kappa shape index (κ1) is 17.3. The van der Waals surface area contributed by atoms with Crippen LogP contribution >= 0.6 is 0 Å². The van der Waals surface area contributed by atoms with Gasteiger partial charge in [-0.3, -0.25) is 4.79 Å². The zero-order chi connectivity index (χ0) is 15.8. The van der Waals surface area contributed by atoms with Crippen molar-refractivity contribution in [1.29, 1.82) is 0 Å². The molecule has 1 unspecified atom stereocenters. The maximum absolute atomic E-state index is 11.5. The molecule has 0 saturated carbocycles. The summed E-state index contributed by atoms with van der Waals surface area (Å²) >= 11 is 0. The van der Waals surface area contributed by atoms with Crippen LogP contribution in [0, 0.1) is 5.92 Å². The van der Waals surface area contributed by atoms with Gasteiger partial charge in [-0.15, -0.1) is 0 Å². The SMILES string of the molecule is COCC(=O)NC(C)c1ccc(OCC(C)C)c(OC)c1. The summed E-state index contributed by atoms with van der Waals surface area (Å²) < 4.78 is 15.9. The van der Waals surface area contributed by atoms with Crippen molar-refractivity contribution < 1.29 is 19.0 Å². The fraction of sp³-hybridized carbons (Fsp3) is 0.562. The van der Waals surface area contributed by atoms with Crippen LogP contribution in [0.3, 0.4) is 0 Å². The maximum atomic E-state index is 11.5. The van der Waals surface area contributed by atoms with Crippen LogP contribution in [0.5, 0.6) is 11.5 Å². The second kappa shape index (κ2) is 8.52. The Balaban J connectivity index is 2.78. The summed E-state index contributed by atoms with van der Waals surface area (Å²) in [5, 5.41) is 2.86. The lowest BCUT2D eigenvalue weighted by molar-refractivity contribution is -0.125. The number of nitrogens with one attached hydrogen (secondary N) is 1. The summed E-state index contributed by atoms with van der Waals surface area (Å²) in [5.41, 5.74) is 0.952. The second-order valence-electron chi connectivity index (χ2n) is 5.34. The van der Waals surface area contributed by atoms with Gasteiger partial charge >= 0.3 is 0 Å². The number of benzene rings is 1. The minimum Gasteiger partial charge on any atom is -0.493 e. The number of methoxy groups -OCH3 is 2. The number of amides is 1. The van der Waals surface area contributed by atoms with Gasteiger partial charge in [0.1, 0.15) is 6.61 Å².